The van der Waals surface area contributed by atoms with Gasteiger partial charge in [0.2, 0.25) is 0 Å². The van der Waals surface area contributed by atoms with Gasteiger partial charge in [0.05, 0.1) is 0 Å². The molecule has 1 heterocycles. The number of nitrogens with two attached hydrogens (primary N) is 1. The molecule has 0 unspecified atom stereocenters. The number of piperazine rings is 1. The lowest BCUT2D eigenvalue weighted by atomic mass is 10.2. The SMILES string of the molecule is NCCCCN1CCN(C/C=C/c2ccccc2)CC1. The van der Waals surface area contributed by atoms with Crippen molar-refractivity contribution in [3.63, 3.8) is 0 Å². The van der Waals surface area contributed by atoms with Gasteiger partial charge in [-0.15, -0.1) is 0 Å². The van der Waals surface area contributed by atoms with Crippen molar-refractivity contribution >= 4 is 6.08 Å². The molecule has 1 fully saturated rings. The Morgan fingerprint density at radius 2 is 1.65 bits per heavy atom. The first-order chi connectivity index (χ1) is 9.88. The van der Waals surface area contributed by atoms with E-state index in [2.05, 4.69) is 52.3 Å². The van der Waals surface area contributed by atoms with E-state index >= 15 is 0 Å². The number of hydrogen-bond acceptors (Lipinski definition) is 3. The van der Waals surface area contributed by atoms with Crippen LogP contribution in [0, 0.1) is 0 Å². The maximum Gasteiger partial charge on any atom is 0.0167 e. The molecule has 1 aliphatic heterocycles. The van der Waals surface area contributed by atoms with Crippen LogP contribution in [0.5, 0.6) is 0 Å². The molecule has 0 aliphatic carbocycles. The van der Waals surface area contributed by atoms with Crippen molar-refractivity contribution in [1.29, 1.82) is 0 Å². The Bertz CT molecular complexity index is 380. The van der Waals surface area contributed by atoms with Crippen molar-refractivity contribution in [3.8, 4) is 0 Å². The van der Waals surface area contributed by atoms with E-state index in [1.54, 1.807) is 0 Å². The summed E-state index contributed by atoms with van der Waals surface area (Å²) in [7, 11) is 0. The molecule has 1 aromatic rings. The Labute approximate surface area is 123 Å². The zero-order chi connectivity index (χ0) is 14.0. The second kappa shape index (κ2) is 8.90. The van der Waals surface area contributed by atoms with Crippen molar-refractivity contribution in [2.45, 2.75) is 12.8 Å². The fraction of sp³-hybridized carbons (Fsp3) is 0.529. The first kappa shape index (κ1) is 15.2. The highest BCUT2D eigenvalue weighted by Crippen LogP contribution is 2.05. The fourth-order valence-electron chi connectivity index (χ4n) is 2.58. The number of unbranched alkanes of at least 4 members (excludes halogenated alkanes) is 1. The highest BCUT2D eigenvalue weighted by Gasteiger charge is 2.14. The van der Waals surface area contributed by atoms with Crippen molar-refractivity contribution in [1.82, 2.24) is 9.80 Å². The molecule has 0 atom stereocenters. The van der Waals surface area contributed by atoms with Crippen LogP contribution < -0.4 is 5.73 Å². The molecular formula is C17H27N3. The summed E-state index contributed by atoms with van der Waals surface area (Å²) < 4.78 is 0. The summed E-state index contributed by atoms with van der Waals surface area (Å²) in [5.74, 6) is 0. The molecule has 3 nitrogen and oxygen atoms in total. The van der Waals surface area contributed by atoms with Gasteiger partial charge in [0.1, 0.15) is 0 Å². The van der Waals surface area contributed by atoms with Crippen LogP contribution in [0.2, 0.25) is 0 Å². The highest BCUT2D eigenvalue weighted by molar-refractivity contribution is 5.48. The molecule has 0 saturated carbocycles. The maximum atomic E-state index is 5.53. The van der Waals surface area contributed by atoms with Gasteiger partial charge in [-0.2, -0.15) is 0 Å². The maximum absolute atomic E-state index is 5.53. The third-order valence-electron chi connectivity index (χ3n) is 3.87. The van der Waals surface area contributed by atoms with Crippen molar-refractivity contribution < 1.29 is 0 Å². The zero-order valence-corrected chi connectivity index (χ0v) is 12.4. The molecular weight excluding hydrogens is 246 g/mol. The van der Waals surface area contributed by atoms with Crippen molar-refractivity contribution in [2.24, 2.45) is 5.73 Å². The second-order valence-electron chi connectivity index (χ2n) is 5.45. The van der Waals surface area contributed by atoms with E-state index in [4.69, 9.17) is 5.73 Å². The lowest BCUT2D eigenvalue weighted by molar-refractivity contribution is 0.141. The molecule has 110 valence electrons. The lowest BCUT2D eigenvalue weighted by Gasteiger charge is -2.34. The van der Waals surface area contributed by atoms with Gasteiger partial charge in [0.15, 0.2) is 0 Å². The molecule has 0 radical (unpaired) electrons. The normalized spacial score (nSPS) is 17.9. The topological polar surface area (TPSA) is 32.5 Å². The summed E-state index contributed by atoms with van der Waals surface area (Å²) in [6.07, 6.45) is 6.89. The average molecular weight is 273 g/mol. The minimum Gasteiger partial charge on any atom is -0.330 e. The van der Waals surface area contributed by atoms with Crippen LogP contribution in [0.3, 0.4) is 0 Å². The van der Waals surface area contributed by atoms with Gasteiger partial charge in [-0.3, -0.25) is 4.90 Å². The molecule has 0 spiro atoms. The molecule has 1 saturated heterocycles. The van der Waals surface area contributed by atoms with Crippen LogP contribution >= 0.6 is 0 Å². The summed E-state index contributed by atoms with van der Waals surface area (Å²) in [5, 5.41) is 0. The monoisotopic (exact) mass is 273 g/mol. The summed E-state index contributed by atoms with van der Waals surface area (Å²) in [4.78, 5) is 5.09. The minimum absolute atomic E-state index is 0.824. The predicted octanol–water partition coefficient (Wildman–Crippen LogP) is 2.06. The smallest absolute Gasteiger partial charge is 0.0167 e. The van der Waals surface area contributed by atoms with E-state index in [0.29, 0.717) is 0 Å². The van der Waals surface area contributed by atoms with Gasteiger partial charge in [0, 0.05) is 32.7 Å². The van der Waals surface area contributed by atoms with E-state index in [1.165, 1.54) is 44.7 Å². The van der Waals surface area contributed by atoms with E-state index in [9.17, 15) is 0 Å². The van der Waals surface area contributed by atoms with E-state index in [-0.39, 0.29) is 0 Å². The third kappa shape index (κ3) is 5.45. The molecule has 0 amide bonds. The molecule has 1 aliphatic rings. The van der Waals surface area contributed by atoms with Gasteiger partial charge in [-0.25, -0.2) is 0 Å². The Morgan fingerprint density at radius 3 is 2.35 bits per heavy atom. The molecule has 0 aromatic heterocycles. The van der Waals surface area contributed by atoms with E-state index in [1.807, 2.05) is 0 Å². The van der Waals surface area contributed by atoms with Crippen LogP contribution in [-0.2, 0) is 0 Å². The number of benzene rings is 1. The van der Waals surface area contributed by atoms with Crippen LogP contribution in [0.1, 0.15) is 18.4 Å². The first-order valence-electron chi connectivity index (χ1n) is 7.75. The Morgan fingerprint density at radius 1 is 0.950 bits per heavy atom. The minimum atomic E-state index is 0.824. The summed E-state index contributed by atoms with van der Waals surface area (Å²) >= 11 is 0. The largest absolute Gasteiger partial charge is 0.330 e. The van der Waals surface area contributed by atoms with Gasteiger partial charge >= 0.3 is 0 Å². The summed E-state index contributed by atoms with van der Waals surface area (Å²) in [6, 6.07) is 10.5. The summed E-state index contributed by atoms with van der Waals surface area (Å²) in [5.41, 5.74) is 6.82. The number of rotatable bonds is 7. The average Bonchev–Trinajstić information content (AvgIpc) is 2.50. The molecule has 3 heteroatoms. The Kier molecular flexibility index (Phi) is 6.78. The van der Waals surface area contributed by atoms with Crippen LogP contribution in [0.15, 0.2) is 36.4 Å². The van der Waals surface area contributed by atoms with E-state index in [0.717, 1.165) is 19.5 Å². The van der Waals surface area contributed by atoms with Crippen LogP contribution in [-0.4, -0.2) is 55.6 Å². The second-order valence-corrected chi connectivity index (χ2v) is 5.45. The van der Waals surface area contributed by atoms with Gasteiger partial charge < -0.3 is 10.6 Å². The van der Waals surface area contributed by atoms with Gasteiger partial charge in [-0.1, -0.05) is 42.5 Å². The quantitative estimate of drug-likeness (QED) is 0.772. The first-order valence-corrected chi connectivity index (χ1v) is 7.75. The van der Waals surface area contributed by atoms with Crippen molar-refractivity contribution in [3.05, 3.63) is 42.0 Å². The fourth-order valence-corrected chi connectivity index (χ4v) is 2.58. The van der Waals surface area contributed by atoms with Gasteiger partial charge in [0.25, 0.3) is 0 Å². The molecule has 1 aromatic carbocycles. The zero-order valence-electron chi connectivity index (χ0n) is 12.4. The Balaban J connectivity index is 1.63. The summed E-state index contributed by atoms with van der Waals surface area (Å²) in [6.45, 7) is 7.86. The number of hydrogen-bond donors (Lipinski definition) is 1. The third-order valence-corrected chi connectivity index (χ3v) is 3.87. The standard InChI is InChI=1S/C17H27N3/c18-10-4-5-11-19-13-15-20(16-14-19)12-6-9-17-7-2-1-3-8-17/h1-3,6-9H,4-5,10-16,18H2/b9-6+. The predicted molar refractivity (Wildman–Crippen MR) is 86.6 cm³/mol. The van der Waals surface area contributed by atoms with Crippen molar-refractivity contribution in [2.75, 3.05) is 45.8 Å². The molecule has 2 rings (SSSR count). The lowest BCUT2D eigenvalue weighted by Crippen LogP contribution is -2.46. The number of nitrogens with zero attached hydrogens (tertiary/aromatic N) is 2. The highest BCUT2D eigenvalue weighted by atomic mass is 15.3. The Hall–Kier alpha value is -1.16. The van der Waals surface area contributed by atoms with E-state index < -0.39 is 0 Å². The van der Waals surface area contributed by atoms with Gasteiger partial charge in [-0.05, 0) is 31.5 Å². The van der Waals surface area contributed by atoms with Crippen LogP contribution in [0.25, 0.3) is 6.08 Å². The van der Waals surface area contributed by atoms with Crippen LogP contribution in [0.4, 0.5) is 0 Å². The molecule has 0 bridgehead atoms. The molecule has 20 heavy (non-hydrogen) atoms. The molecule has 2 N–H and O–H groups in total.